The van der Waals surface area contributed by atoms with Crippen LogP contribution in [0.1, 0.15) is 37.5 Å². The van der Waals surface area contributed by atoms with Crippen LogP contribution in [0.4, 0.5) is 0 Å². The van der Waals surface area contributed by atoms with E-state index in [0.717, 1.165) is 33.3 Å². The molecule has 2 rings (SSSR count). The van der Waals surface area contributed by atoms with Crippen LogP contribution in [0.15, 0.2) is 18.3 Å². The Kier molecular flexibility index (Phi) is 4.93. The monoisotopic (exact) mass is 350 g/mol. The Morgan fingerprint density at radius 3 is 2.38 bits per heavy atom. The summed E-state index contributed by atoms with van der Waals surface area (Å²) >= 11 is 0. The van der Waals surface area contributed by atoms with E-state index >= 15 is 0 Å². The van der Waals surface area contributed by atoms with Crippen molar-refractivity contribution in [3.05, 3.63) is 35.0 Å². The second kappa shape index (κ2) is 6.33. The van der Waals surface area contributed by atoms with E-state index in [9.17, 15) is 8.42 Å². The van der Waals surface area contributed by atoms with Gasteiger partial charge < -0.3 is 4.74 Å². The topological polar surface area (TPSA) is 59.5 Å². The van der Waals surface area contributed by atoms with Crippen LogP contribution >= 0.6 is 0 Å². The fraction of sp³-hybridized carbons (Fsp3) is 0.500. The van der Waals surface area contributed by atoms with Crippen LogP contribution in [-0.2, 0) is 22.0 Å². The second-order valence-corrected chi connectivity index (χ2v) is 9.37. The van der Waals surface area contributed by atoms with Gasteiger partial charge in [-0.15, -0.1) is 0 Å². The van der Waals surface area contributed by atoms with Gasteiger partial charge in [0.25, 0.3) is 0 Å². The molecule has 1 aromatic carbocycles. The van der Waals surface area contributed by atoms with Crippen molar-refractivity contribution in [3.8, 4) is 5.75 Å². The molecule has 0 aliphatic rings. The van der Waals surface area contributed by atoms with E-state index in [4.69, 9.17) is 4.74 Å². The molecule has 0 fully saturated rings. The molecular weight excluding hydrogens is 324 g/mol. The Hall–Kier alpha value is -1.66. The lowest BCUT2D eigenvalue weighted by atomic mass is 9.84. The number of sulfonamides is 1. The molecule has 1 heterocycles. The van der Waals surface area contributed by atoms with Gasteiger partial charge in [0, 0.05) is 30.7 Å². The average Bonchev–Trinajstić information content (AvgIpc) is 2.45. The van der Waals surface area contributed by atoms with Crippen LogP contribution in [-0.4, -0.2) is 38.1 Å². The quantitative estimate of drug-likeness (QED) is 0.849. The smallest absolute Gasteiger partial charge is 0.211 e. The highest BCUT2D eigenvalue weighted by atomic mass is 32.2. The number of pyridine rings is 1. The van der Waals surface area contributed by atoms with Crippen molar-refractivity contribution in [2.75, 3.05) is 20.4 Å². The van der Waals surface area contributed by atoms with Gasteiger partial charge in [-0.1, -0.05) is 20.8 Å². The highest BCUT2D eigenvalue weighted by Crippen LogP contribution is 2.38. The summed E-state index contributed by atoms with van der Waals surface area (Å²) in [6, 6.07) is 4.10. The standard InChI is InChI=1S/C18H26N2O3S/c1-12-8-15(18(2,3)4)17(23-6)14-9-13(10-19-16(12)14)11-20(5)24(7,21)22/h8-10H,11H2,1-7H3. The maximum atomic E-state index is 11.6. The van der Waals surface area contributed by atoms with E-state index in [1.54, 1.807) is 20.4 Å². The largest absolute Gasteiger partial charge is 0.496 e. The van der Waals surface area contributed by atoms with Crippen molar-refractivity contribution in [1.82, 2.24) is 9.29 Å². The van der Waals surface area contributed by atoms with Crippen LogP contribution < -0.4 is 4.74 Å². The molecule has 6 heteroatoms. The zero-order valence-electron chi connectivity index (χ0n) is 15.5. The van der Waals surface area contributed by atoms with Gasteiger partial charge in [0.1, 0.15) is 5.75 Å². The van der Waals surface area contributed by atoms with E-state index in [0.29, 0.717) is 0 Å². The maximum absolute atomic E-state index is 11.6. The average molecular weight is 350 g/mol. The van der Waals surface area contributed by atoms with Gasteiger partial charge in [0.15, 0.2) is 0 Å². The molecule has 0 amide bonds. The number of hydrogen-bond acceptors (Lipinski definition) is 4. The number of aryl methyl sites for hydroxylation is 1. The highest BCUT2D eigenvalue weighted by Gasteiger charge is 2.23. The lowest BCUT2D eigenvalue weighted by Gasteiger charge is -2.24. The molecule has 0 N–H and O–H groups in total. The van der Waals surface area contributed by atoms with E-state index in [-0.39, 0.29) is 12.0 Å². The predicted octanol–water partition coefficient (Wildman–Crippen LogP) is 3.24. The normalized spacial score (nSPS) is 12.8. The van der Waals surface area contributed by atoms with Crippen LogP contribution in [0.2, 0.25) is 0 Å². The second-order valence-electron chi connectivity index (χ2n) is 7.28. The van der Waals surface area contributed by atoms with Gasteiger partial charge in [-0.05, 0) is 35.6 Å². The molecule has 0 aliphatic carbocycles. The molecule has 0 atom stereocenters. The van der Waals surface area contributed by atoms with Crippen LogP contribution in [0.3, 0.4) is 0 Å². The van der Waals surface area contributed by atoms with Gasteiger partial charge >= 0.3 is 0 Å². The number of nitrogens with zero attached hydrogens (tertiary/aromatic N) is 2. The van der Waals surface area contributed by atoms with Gasteiger partial charge in [-0.2, -0.15) is 0 Å². The third kappa shape index (κ3) is 3.70. The minimum absolute atomic E-state index is 0.0656. The first-order valence-corrected chi connectivity index (χ1v) is 9.68. The van der Waals surface area contributed by atoms with Gasteiger partial charge in [-0.25, -0.2) is 12.7 Å². The molecule has 1 aromatic heterocycles. The summed E-state index contributed by atoms with van der Waals surface area (Å²) in [7, 11) is -0.0108. The van der Waals surface area contributed by atoms with Crippen LogP contribution in [0.5, 0.6) is 5.75 Å². The third-order valence-corrected chi connectivity index (χ3v) is 5.41. The third-order valence-electron chi connectivity index (χ3n) is 4.15. The summed E-state index contributed by atoms with van der Waals surface area (Å²) in [5.41, 5.74) is 3.85. The predicted molar refractivity (Wildman–Crippen MR) is 98.0 cm³/mol. The Morgan fingerprint density at radius 2 is 1.88 bits per heavy atom. The lowest BCUT2D eigenvalue weighted by Crippen LogP contribution is -2.24. The number of methoxy groups -OCH3 is 1. The first-order valence-electron chi connectivity index (χ1n) is 7.83. The fourth-order valence-corrected chi connectivity index (χ4v) is 3.11. The zero-order valence-corrected chi connectivity index (χ0v) is 16.3. The van der Waals surface area contributed by atoms with E-state index in [1.165, 1.54) is 10.6 Å². The summed E-state index contributed by atoms with van der Waals surface area (Å²) < 4.78 is 30.3. The number of ether oxygens (including phenoxy) is 1. The fourth-order valence-electron chi connectivity index (χ4n) is 2.73. The van der Waals surface area contributed by atoms with Crippen molar-refractivity contribution in [2.24, 2.45) is 0 Å². The minimum Gasteiger partial charge on any atom is -0.496 e. The highest BCUT2D eigenvalue weighted by molar-refractivity contribution is 7.88. The molecule has 5 nitrogen and oxygen atoms in total. The SMILES string of the molecule is COc1c(C(C)(C)C)cc(C)c2ncc(CN(C)S(C)(=O)=O)cc12. The van der Waals surface area contributed by atoms with Crippen LogP contribution in [0, 0.1) is 6.92 Å². The molecule has 132 valence electrons. The van der Waals surface area contributed by atoms with E-state index in [2.05, 4.69) is 31.8 Å². The Bertz CT molecular complexity index is 868. The molecule has 0 saturated carbocycles. The molecule has 2 aromatic rings. The van der Waals surface area contributed by atoms with Crippen molar-refractivity contribution in [3.63, 3.8) is 0 Å². The number of aromatic nitrogens is 1. The molecule has 0 radical (unpaired) electrons. The summed E-state index contributed by atoms with van der Waals surface area (Å²) in [5, 5.41) is 0.918. The number of fused-ring (bicyclic) bond motifs is 1. The summed E-state index contributed by atoms with van der Waals surface area (Å²) in [6.07, 6.45) is 2.93. The zero-order chi connectivity index (χ0) is 18.3. The molecule has 0 bridgehead atoms. The summed E-state index contributed by atoms with van der Waals surface area (Å²) in [6.45, 7) is 8.75. The molecule has 0 saturated heterocycles. The number of benzene rings is 1. The molecular formula is C18H26N2O3S. The number of rotatable bonds is 4. The Labute approximate surface area is 144 Å². The van der Waals surface area contributed by atoms with Crippen LogP contribution in [0.25, 0.3) is 10.9 Å². The first kappa shape index (κ1) is 18.7. The van der Waals surface area contributed by atoms with E-state index in [1.807, 2.05) is 13.0 Å². The van der Waals surface area contributed by atoms with E-state index < -0.39 is 10.0 Å². The number of hydrogen-bond donors (Lipinski definition) is 0. The van der Waals surface area contributed by atoms with Gasteiger partial charge in [-0.3, -0.25) is 4.98 Å². The summed E-state index contributed by atoms with van der Waals surface area (Å²) in [5.74, 6) is 0.805. The molecule has 0 aliphatic heterocycles. The molecule has 0 spiro atoms. The lowest BCUT2D eigenvalue weighted by molar-refractivity contribution is 0.402. The maximum Gasteiger partial charge on any atom is 0.211 e. The van der Waals surface area contributed by atoms with Gasteiger partial charge in [0.2, 0.25) is 10.0 Å². The molecule has 24 heavy (non-hydrogen) atoms. The van der Waals surface area contributed by atoms with Crippen molar-refractivity contribution in [1.29, 1.82) is 0 Å². The summed E-state index contributed by atoms with van der Waals surface area (Å²) in [4.78, 5) is 4.55. The Balaban J connectivity index is 2.66. The minimum atomic E-state index is -3.24. The van der Waals surface area contributed by atoms with Crippen molar-refractivity contribution in [2.45, 2.75) is 39.7 Å². The first-order chi connectivity index (χ1) is 10.9. The van der Waals surface area contributed by atoms with Crippen molar-refractivity contribution >= 4 is 20.9 Å². The molecule has 0 unspecified atom stereocenters. The van der Waals surface area contributed by atoms with Crippen molar-refractivity contribution < 1.29 is 13.2 Å². The Morgan fingerprint density at radius 1 is 1.25 bits per heavy atom. The van der Waals surface area contributed by atoms with Gasteiger partial charge in [0.05, 0.1) is 18.9 Å².